The van der Waals surface area contributed by atoms with Crippen molar-refractivity contribution >= 4 is 11.4 Å². The van der Waals surface area contributed by atoms with Gasteiger partial charge in [0, 0.05) is 17.8 Å². The molecule has 2 rings (SSSR count). The molecule has 1 saturated carbocycles. The molecule has 1 fully saturated rings. The summed E-state index contributed by atoms with van der Waals surface area (Å²) in [5, 5.41) is 23.1. The number of hydrogen-bond donors (Lipinski definition) is 1. The molecule has 2 atom stereocenters. The summed E-state index contributed by atoms with van der Waals surface area (Å²) in [6, 6.07) is 6.92. The quantitative estimate of drug-likeness (QED) is 0.666. The SMILES string of the molecule is CC1CCCC(Nc2ccc(C#N)c([N+](=O)[O-])c2)C1. The molecule has 19 heavy (non-hydrogen) atoms. The van der Waals surface area contributed by atoms with Crippen molar-refractivity contribution in [2.45, 2.75) is 38.6 Å². The second-order valence-corrected chi connectivity index (χ2v) is 5.21. The van der Waals surface area contributed by atoms with Gasteiger partial charge in [-0.05, 0) is 30.9 Å². The van der Waals surface area contributed by atoms with Crippen LogP contribution < -0.4 is 5.32 Å². The molecule has 1 N–H and O–H groups in total. The Morgan fingerprint density at radius 1 is 1.47 bits per heavy atom. The van der Waals surface area contributed by atoms with Crippen molar-refractivity contribution in [3.8, 4) is 6.07 Å². The highest BCUT2D eigenvalue weighted by Gasteiger charge is 2.20. The molecule has 0 heterocycles. The van der Waals surface area contributed by atoms with E-state index in [2.05, 4.69) is 12.2 Å². The molecule has 0 saturated heterocycles. The Labute approximate surface area is 112 Å². The van der Waals surface area contributed by atoms with Crippen LogP contribution in [-0.4, -0.2) is 11.0 Å². The number of nitrogens with one attached hydrogen (secondary N) is 1. The molecule has 0 amide bonds. The standard InChI is InChI=1S/C14H17N3O2/c1-10-3-2-4-12(7-10)16-13-6-5-11(9-15)14(8-13)17(18)19/h5-6,8,10,12,16H,2-4,7H2,1H3. The molecule has 0 radical (unpaired) electrons. The summed E-state index contributed by atoms with van der Waals surface area (Å²) >= 11 is 0. The zero-order chi connectivity index (χ0) is 13.8. The number of nitro groups is 1. The van der Waals surface area contributed by atoms with Gasteiger partial charge in [-0.3, -0.25) is 10.1 Å². The molecule has 2 unspecified atom stereocenters. The summed E-state index contributed by atoms with van der Waals surface area (Å²) in [5.74, 6) is 0.694. The van der Waals surface area contributed by atoms with Crippen LogP contribution in [0.2, 0.25) is 0 Å². The van der Waals surface area contributed by atoms with Gasteiger partial charge in [-0.15, -0.1) is 0 Å². The maximum atomic E-state index is 10.9. The fourth-order valence-electron chi connectivity index (χ4n) is 2.67. The van der Waals surface area contributed by atoms with Crippen molar-refractivity contribution in [2.75, 3.05) is 5.32 Å². The number of nitro benzene ring substituents is 1. The van der Waals surface area contributed by atoms with E-state index in [1.807, 2.05) is 6.07 Å². The monoisotopic (exact) mass is 259 g/mol. The summed E-state index contributed by atoms with van der Waals surface area (Å²) in [6.45, 7) is 2.23. The Morgan fingerprint density at radius 2 is 2.26 bits per heavy atom. The van der Waals surface area contributed by atoms with Crippen molar-refractivity contribution in [2.24, 2.45) is 5.92 Å². The topological polar surface area (TPSA) is 79.0 Å². The first-order chi connectivity index (χ1) is 9.10. The van der Waals surface area contributed by atoms with Gasteiger partial charge in [0.1, 0.15) is 11.6 Å². The van der Waals surface area contributed by atoms with Gasteiger partial charge in [-0.25, -0.2) is 0 Å². The second-order valence-electron chi connectivity index (χ2n) is 5.21. The Hall–Kier alpha value is -2.09. The molecule has 5 heteroatoms. The fraction of sp³-hybridized carbons (Fsp3) is 0.500. The van der Waals surface area contributed by atoms with Crippen LogP contribution in [0.1, 0.15) is 38.2 Å². The van der Waals surface area contributed by atoms with Gasteiger partial charge in [0.2, 0.25) is 0 Å². The average Bonchev–Trinajstić information content (AvgIpc) is 2.38. The van der Waals surface area contributed by atoms with Gasteiger partial charge in [-0.2, -0.15) is 5.26 Å². The molecule has 100 valence electrons. The van der Waals surface area contributed by atoms with E-state index in [1.54, 1.807) is 6.07 Å². The van der Waals surface area contributed by atoms with Crippen molar-refractivity contribution in [3.05, 3.63) is 33.9 Å². The highest BCUT2D eigenvalue weighted by Crippen LogP contribution is 2.28. The summed E-state index contributed by atoms with van der Waals surface area (Å²) < 4.78 is 0. The lowest BCUT2D eigenvalue weighted by Crippen LogP contribution is -2.26. The van der Waals surface area contributed by atoms with E-state index in [1.165, 1.54) is 25.0 Å². The Morgan fingerprint density at radius 3 is 2.89 bits per heavy atom. The minimum Gasteiger partial charge on any atom is -0.382 e. The van der Waals surface area contributed by atoms with Crippen molar-refractivity contribution in [3.63, 3.8) is 0 Å². The Balaban J connectivity index is 2.15. The maximum absolute atomic E-state index is 10.9. The Kier molecular flexibility index (Phi) is 4.00. The number of benzene rings is 1. The van der Waals surface area contributed by atoms with E-state index in [0.29, 0.717) is 12.0 Å². The van der Waals surface area contributed by atoms with E-state index in [9.17, 15) is 10.1 Å². The van der Waals surface area contributed by atoms with Crippen molar-refractivity contribution in [1.82, 2.24) is 0 Å². The molecular formula is C14H17N3O2. The van der Waals surface area contributed by atoms with Crippen LogP contribution in [0.5, 0.6) is 0 Å². The highest BCUT2D eigenvalue weighted by molar-refractivity contribution is 5.59. The van der Waals surface area contributed by atoms with E-state index in [0.717, 1.165) is 18.5 Å². The van der Waals surface area contributed by atoms with Crippen LogP contribution in [0.15, 0.2) is 18.2 Å². The van der Waals surface area contributed by atoms with E-state index < -0.39 is 4.92 Å². The van der Waals surface area contributed by atoms with Crippen LogP contribution in [0.25, 0.3) is 0 Å². The molecule has 0 spiro atoms. The number of anilines is 1. The zero-order valence-corrected chi connectivity index (χ0v) is 10.9. The molecule has 1 aliphatic rings. The second kappa shape index (κ2) is 5.70. The van der Waals surface area contributed by atoms with E-state index in [-0.39, 0.29) is 11.3 Å². The average molecular weight is 259 g/mol. The predicted molar refractivity (Wildman–Crippen MR) is 72.9 cm³/mol. The summed E-state index contributed by atoms with van der Waals surface area (Å²) in [7, 11) is 0. The van der Waals surface area contributed by atoms with Crippen LogP contribution in [-0.2, 0) is 0 Å². The third kappa shape index (κ3) is 3.22. The van der Waals surface area contributed by atoms with Crippen LogP contribution in [0.4, 0.5) is 11.4 Å². The third-order valence-electron chi connectivity index (χ3n) is 3.62. The number of nitrogens with zero attached hydrogens (tertiary/aromatic N) is 2. The summed E-state index contributed by atoms with van der Waals surface area (Å²) in [4.78, 5) is 10.4. The van der Waals surface area contributed by atoms with Gasteiger partial charge in [0.15, 0.2) is 0 Å². The van der Waals surface area contributed by atoms with Crippen LogP contribution in [0.3, 0.4) is 0 Å². The van der Waals surface area contributed by atoms with Gasteiger partial charge >= 0.3 is 0 Å². The number of hydrogen-bond acceptors (Lipinski definition) is 4. The first-order valence-electron chi connectivity index (χ1n) is 6.55. The van der Waals surface area contributed by atoms with Crippen molar-refractivity contribution < 1.29 is 4.92 Å². The summed E-state index contributed by atoms with van der Waals surface area (Å²) in [6.07, 6.45) is 4.63. The Bertz CT molecular complexity index is 522. The van der Waals surface area contributed by atoms with Crippen molar-refractivity contribution in [1.29, 1.82) is 5.26 Å². The minimum absolute atomic E-state index is 0.104. The highest BCUT2D eigenvalue weighted by atomic mass is 16.6. The molecule has 0 aromatic heterocycles. The summed E-state index contributed by atoms with van der Waals surface area (Å²) in [5.41, 5.74) is 0.703. The van der Waals surface area contributed by atoms with Gasteiger partial charge < -0.3 is 5.32 Å². The third-order valence-corrected chi connectivity index (χ3v) is 3.62. The maximum Gasteiger partial charge on any atom is 0.289 e. The molecule has 1 aliphatic carbocycles. The van der Waals surface area contributed by atoms with Gasteiger partial charge in [0.25, 0.3) is 5.69 Å². The number of rotatable bonds is 3. The first kappa shape index (κ1) is 13.3. The largest absolute Gasteiger partial charge is 0.382 e. The van der Waals surface area contributed by atoms with E-state index >= 15 is 0 Å². The molecular weight excluding hydrogens is 242 g/mol. The molecule has 0 aliphatic heterocycles. The molecule has 1 aromatic carbocycles. The van der Waals surface area contributed by atoms with Crippen LogP contribution in [0, 0.1) is 27.4 Å². The lowest BCUT2D eigenvalue weighted by atomic mass is 9.87. The first-order valence-corrected chi connectivity index (χ1v) is 6.55. The van der Waals surface area contributed by atoms with Gasteiger partial charge in [-0.1, -0.05) is 19.8 Å². The predicted octanol–water partition coefficient (Wildman–Crippen LogP) is 3.46. The van der Waals surface area contributed by atoms with Crippen LogP contribution >= 0.6 is 0 Å². The smallest absolute Gasteiger partial charge is 0.289 e. The molecule has 0 bridgehead atoms. The number of nitriles is 1. The zero-order valence-electron chi connectivity index (χ0n) is 10.9. The molecule has 5 nitrogen and oxygen atoms in total. The lowest BCUT2D eigenvalue weighted by molar-refractivity contribution is -0.385. The lowest BCUT2D eigenvalue weighted by Gasteiger charge is -2.28. The van der Waals surface area contributed by atoms with Gasteiger partial charge in [0.05, 0.1) is 4.92 Å². The normalized spacial score (nSPS) is 22.5. The fourth-order valence-corrected chi connectivity index (χ4v) is 2.67. The van der Waals surface area contributed by atoms with E-state index in [4.69, 9.17) is 5.26 Å². The minimum atomic E-state index is -0.507. The molecule has 1 aromatic rings.